The minimum atomic E-state index is -0.554. The molecule has 0 saturated carbocycles. The van der Waals surface area contributed by atoms with Crippen LogP contribution in [0.15, 0.2) is 40.9 Å². The van der Waals surface area contributed by atoms with Crippen LogP contribution in [0.4, 0.5) is 0 Å². The minimum Gasteiger partial charge on any atom is -0.482 e. The molecule has 0 aromatic heterocycles. The van der Waals surface area contributed by atoms with Gasteiger partial charge in [0, 0.05) is 9.50 Å². The van der Waals surface area contributed by atoms with Gasteiger partial charge in [-0.2, -0.15) is 0 Å². The highest BCUT2D eigenvalue weighted by Crippen LogP contribution is 2.27. The Hall–Kier alpha value is -1.58. The quantitative estimate of drug-likeness (QED) is 0.425. The van der Waals surface area contributed by atoms with E-state index in [1.807, 2.05) is 0 Å². The minimum absolute atomic E-state index is 0.124. The Bertz CT molecular complexity index is 898. The van der Waals surface area contributed by atoms with Gasteiger partial charge in [-0.05, 0) is 48.6 Å². The molecule has 0 atom stereocenters. The molecule has 0 saturated heterocycles. The molecular formula is C16H11BrCl3N3O3S. The molecule has 0 aliphatic heterocycles. The van der Waals surface area contributed by atoms with E-state index in [1.165, 1.54) is 18.2 Å². The maximum absolute atomic E-state index is 12.1. The summed E-state index contributed by atoms with van der Waals surface area (Å²) in [5, 5.41) is 3.17. The fourth-order valence-electron chi connectivity index (χ4n) is 1.77. The number of hydrogen-bond acceptors (Lipinski definition) is 4. The third-order valence-electron chi connectivity index (χ3n) is 2.97. The lowest BCUT2D eigenvalue weighted by Crippen LogP contribution is -2.49. The molecule has 0 fully saturated rings. The van der Waals surface area contributed by atoms with Crippen molar-refractivity contribution in [2.24, 2.45) is 0 Å². The van der Waals surface area contributed by atoms with Crippen molar-refractivity contribution < 1.29 is 14.3 Å². The molecule has 2 aromatic carbocycles. The molecule has 3 N–H and O–H groups in total. The highest BCUT2D eigenvalue weighted by molar-refractivity contribution is 9.10. The normalized spacial score (nSPS) is 10.1. The zero-order valence-corrected chi connectivity index (χ0v) is 18.0. The number of hydrogen-bond donors (Lipinski definition) is 3. The summed E-state index contributed by atoms with van der Waals surface area (Å²) in [7, 11) is 0. The summed E-state index contributed by atoms with van der Waals surface area (Å²) in [4.78, 5) is 23.9. The average Bonchev–Trinajstić information content (AvgIpc) is 2.59. The second kappa shape index (κ2) is 10.1. The van der Waals surface area contributed by atoms with E-state index in [0.717, 1.165) is 4.47 Å². The molecule has 0 aliphatic carbocycles. The van der Waals surface area contributed by atoms with Gasteiger partial charge in [0.15, 0.2) is 11.7 Å². The Morgan fingerprint density at radius 3 is 2.44 bits per heavy atom. The van der Waals surface area contributed by atoms with Gasteiger partial charge in [0.25, 0.3) is 11.8 Å². The number of carbonyl (C=O) groups excluding carboxylic acids is 2. The van der Waals surface area contributed by atoms with Crippen LogP contribution in [0.3, 0.4) is 0 Å². The maximum Gasteiger partial charge on any atom is 0.276 e. The second-order valence-corrected chi connectivity index (χ2v) is 7.52. The highest BCUT2D eigenvalue weighted by Gasteiger charge is 2.13. The van der Waals surface area contributed by atoms with Gasteiger partial charge < -0.3 is 4.74 Å². The standard InChI is InChI=1S/C16H11BrCl3N3O3S/c17-8-1-4-13(12(20)5-8)26-7-14(24)22-23-16(27)21-15(25)10-3-2-9(18)6-11(10)19/h1-6H,7H2,(H,22,24)(H2,21,23,25,27). The van der Waals surface area contributed by atoms with E-state index < -0.39 is 11.8 Å². The first-order valence-electron chi connectivity index (χ1n) is 7.19. The fraction of sp³-hybridized carbons (Fsp3) is 0.0625. The molecule has 0 aliphatic rings. The number of ether oxygens (including phenoxy) is 1. The van der Waals surface area contributed by atoms with Crippen molar-refractivity contribution in [3.63, 3.8) is 0 Å². The van der Waals surface area contributed by atoms with Crippen LogP contribution >= 0.6 is 63.0 Å². The van der Waals surface area contributed by atoms with Gasteiger partial charge in [-0.15, -0.1) is 0 Å². The van der Waals surface area contributed by atoms with Crippen molar-refractivity contribution >= 4 is 79.9 Å². The number of carbonyl (C=O) groups is 2. The lowest BCUT2D eigenvalue weighted by atomic mass is 10.2. The lowest BCUT2D eigenvalue weighted by Gasteiger charge is -2.12. The summed E-state index contributed by atoms with van der Waals surface area (Å²) < 4.78 is 6.08. The molecule has 2 rings (SSSR count). The Kier molecular flexibility index (Phi) is 8.12. The first-order chi connectivity index (χ1) is 12.8. The largest absolute Gasteiger partial charge is 0.482 e. The van der Waals surface area contributed by atoms with Gasteiger partial charge in [0.2, 0.25) is 0 Å². The fourth-order valence-corrected chi connectivity index (χ4v) is 3.14. The van der Waals surface area contributed by atoms with E-state index in [1.54, 1.807) is 18.2 Å². The summed E-state index contributed by atoms with van der Waals surface area (Å²) in [6, 6.07) is 9.39. The van der Waals surface area contributed by atoms with Gasteiger partial charge in [-0.25, -0.2) is 0 Å². The van der Waals surface area contributed by atoms with Gasteiger partial charge in [0.05, 0.1) is 15.6 Å². The predicted octanol–water partition coefficient (Wildman–Crippen LogP) is 4.12. The van der Waals surface area contributed by atoms with Crippen molar-refractivity contribution in [2.45, 2.75) is 0 Å². The molecule has 27 heavy (non-hydrogen) atoms. The average molecular weight is 512 g/mol. The summed E-state index contributed by atoms with van der Waals surface area (Å²) in [5.74, 6) is -0.736. The van der Waals surface area contributed by atoms with Crippen LogP contribution < -0.4 is 20.9 Å². The lowest BCUT2D eigenvalue weighted by molar-refractivity contribution is -0.123. The van der Waals surface area contributed by atoms with Crippen molar-refractivity contribution in [1.29, 1.82) is 0 Å². The molecule has 0 unspecified atom stereocenters. The van der Waals surface area contributed by atoms with Gasteiger partial charge in [-0.3, -0.25) is 25.8 Å². The van der Waals surface area contributed by atoms with Crippen LogP contribution in [0.25, 0.3) is 0 Å². The van der Waals surface area contributed by atoms with Crippen molar-refractivity contribution in [1.82, 2.24) is 16.2 Å². The van der Waals surface area contributed by atoms with E-state index in [4.69, 9.17) is 51.8 Å². The topological polar surface area (TPSA) is 79.5 Å². The summed E-state index contributed by atoms with van der Waals surface area (Å²) >= 11 is 25.9. The summed E-state index contributed by atoms with van der Waals surface area (Å²) in [6.07, 6.45) is 0. The summed E-state index contributed by atoms with van der Waals surface area (Å²) in [5.41, 5.74) is 4.86. The molecule has 0 radical (unpaired) electrons. The zero-order valence-electron chi connectivity index (χ0n) is 13.3. The van der Waals surface area contributed by atoms with Gasteiger partial charge in [0.1, 0.15) is 5.75 Å². The molecule has 0 spiro atoms. The monoisotopic (exact) mass is 509 g/mol. The van der Waals surface area contributed by atoms with E-state index in [9.17, 15) is 9.59 Å². The van der Waals surface area contributed by atoms with Gasteiger partial charge >= 0.3 is 0 Å². The molecule has 0 heterocycles. The van der Waals surface area contributed by atoms with Crippen LogP contribution in [0, 0.1) is 0 Å². The molecule has 11 heteroatoms. The number of nitrogens with one attached hydrogen (secondary N) is 3. The summed E-state index contributed by atoms with van der Waals surface area (Å²) in [6.45, 7) is -0.312. The second-order valence-electron chi connectivity index (χ2n) is 4.94. The third-order valence-corrected chi connectivity index (χ3v) is 4.51. The first kappa shape index (κ1) is 21.7. The van der Waals surface area contributed by atoms with E-state index in [0.29, 0.717) is 15.8 Å². The van der Waals surface area contributed by atoms with Crippen molar-refractivity contribution in [3.05, 3.63) is 61.5 Å². The van der Waals surface area contributed by atoms with Crippen LogP contribution in [-0.4, -0.2) is 23.5 Å². The van der Waals surface area contributed by atoms with Crippen LogP contribution in [-0.2, 0) is 4.79 Å². The Morgan fingerprint density at radius 1 is 1.04 bits per heavy atom. The SMILES string of the molecule is O=C(COc1ccc(Br)cc1Cl)NNC(=S)NC(=O)c1ccc(Cl)cc1Cl. The van der Waals surface area contributed by atoms with Crippen molar-refractivity contribution in [3.8, 4) is 5.75 Å². The maximum atomic E-state index is 12.1. The van der Waals surface area contributed by atoms with Crippen LogP contribution in [0.5, 0.6) is 5.75 Å². The molecule has 2 amide bonds. The predicted molar refractivity (Wildman–Crippen MR) is 112 cm³/mol. The molecule has 142 valence electrons. The smallest absolute Gasteiger partial charge is 0.276 e. The zero-order chi connectivity index (χ0) is 20.0. The third kappa shape index (κ3) is 6.82. The molecule has 0 bridgehead atoms. The number of amides is 2. The Morgan fingerprint density at radius 2 is 1.78 bits per heavy atom. The molecular weight excluding hydrogens is 501 g/mol. The molecule has 6 nitrogen and oxygen atoms in total. The number of halogens is 4. The first-order valence-corrected chi connectivity index (χ1v) is 9.53. The van der Waals surface area contributed by atoms with E-state index in [-0.39, 0.29) is 22.3 Å². The number of hydrazine groups is 1. The van der Waals surface area contributed by atoms with Gasteiger partial charge in [-0.1, -0.05) is 50.7 Å². The van der Waals surface area contributed by atoms with Crippen LogP contribution in [0.1, 0.15) is 10.4 Å². The highest BCUT2D eigenvalue weighted by atomic mass is 79.9. The van der Waals surface area contributed by atoms with Crippen LogP contribution in [0.2, 0.25) is 15.1 Å². The van der Waals surface area contributed by atoms with E-state index >= 15 is 0 Å². The van der Waals surface area contributed by atoms with E-state index in [2.05, 4.69) is 32.1 Å². The number of thiocarbonyl (C=S) groups is 1. The Balaban J connectivity index is 1.79. The number of rotatable bonds is 4. The number of benzene rings is 2. The molecule has 2 aromatic rings. The van der Waals surface area contributed by atoms with Crippen molar-refractivity contribution in [2.75, 3.05) is 6.61 Å². The Labute approximate surface area is 183 Å².